The molecule has 0 amide bonds. The number of rotatable bonds is 3. The Hall–Kier alpha value is -2.77. The first-order chi connectivity index (χ1) is 12.0. The highest BCUT2D eigenvalue weighted by Crippen LogP contribution is 1.79. The van der Waals surface area contributed by atoms with Crippen molar-refractivity contribution in [3.05, 3.63) is 0 Å². The molecule has 13 nitrogen and oxygen atoms in total. The molecule has 0 saturated heterocycles. The second-order valence-corrected chi connectivity index (χ2v) is 4.10. The SMILES string of the molecule is CC(=O)O.CC(=O)O.CC(=O)O.CC(=O)O.CC(=O)O.NCC(N)CCO. The predicted octanol–water partition coefficient (Wildman–Crippen LogP) is -0.891. The average molecular weight is 404 g/mol. The van der Waals surface area contributed by atoms with Crippen LogP contribution in [-0.2, 0) is 24.0 Å². The summed E-state index contributed by atoms with van der Waals surface area (Å²) in [6.45, 7) is 6.01. The summed E-state index contributed by atoms with van der Waals surface area (Å²) in [7, 11) is 0. The molecule has 164 valence electrons. The van der Waals surface area contributed by atoms with Crippen molar-refractivity contribution in [1.29, 1.82) is 0 Å². The Morgan fingerprint density at radius 1 is 0.667 bits per heavy atom. The van der Waals surface area contributed by atoms with Crippen LogP contribution in [0, 0.1) is 0 Å². The minimum absolute atomic E-state index is 0.0231. The maximum atomic E-state index is 9.00. The third-order valence-corrected chi connectivity index (χ3v) is 0.803. The van der Waals surface area contributed by atoms with Crippen LogP contribution in [0.2, 0.25) is 0 Å². The number of hydrogen-bond acceptors (Lipinski definition) is 8. The fourth-order valence-corrected chi connectivity index (χ4v) is 0.284. The highest BCUT2D eigenvalue weighted by molar-refractivity contribution is 5.63. The van der Waals surface area contributed by atoms with Crippen molar-refractivity contribution in [2.45, 2.75) is 47.1 Å². The topological polar surface area (TPSA) is 259 Å². The molecule has 0 aliphatic heterocycles. The van der Waals surface area contributed by atoms with Crippen molar-refractivity contribution in [1.82, 2.24) is 0 Å². The molecule has 0 saturated carbocycles. The standard InChI is InChI=1S/C4H12N2O.5C2H4O2/c5-3-4(6)1-2-7;5*1-2(3)4/h4,7H,1-3,5-6H2;5*1H3,(H,3,4). The van der Waals surface area contributed by atoms with E-state index in [1.165, 1.54) is 0 Å². The summed E-state index contributed by atoms with van der Waals surface area (Å²) in [5.74, 6) is -4.17. The molecule has 1 atom stereocenters. The van der Waals surface area contributed by atoms with Gasteiger partial charge in [-0.3, -0.25) is 24.0 Å². The molecule has 0 aromatic carbocycles. The van der Waals surface area contributed by atoms with Crippen LogP contribution < -0.4 is 11.5 Å². The smallest absolute Gasteiger partial charge is 0.300 e. The second kappa shape index (κ2) is 34.5. The normalized spacial score (nSPS) is 8.30. The fourth-order valence-electron chi connectivity index (χ4n) is 0.284. The summed E-state index contributed by atoms with van der Waals surface area (Å²) >= 11 is 0. The van der Waals surface area contributed by atoms with E-state index in [0.29, 0.717) is 13.0 Å². The summed E-state index contributed by atoms with van der Waals surface area (Å²) in [5, 5.41) is 45.3. The number of hydrogen-bond donors (Lipinski definition) is 8. The van der Waals surface area contributed by atoms with E-state index in [-0.39, 0.29) is 12.6 Å². The van der Waals surface area contributed by atoms with Crippen LogP contribution in [0.1, 0.15) is 41.0 Å². The Balaban J connectivity index is -0.0000000500. The first-order valence-electron chi connectivity index (χ1n) is 7.01. The highest BCUT2D eigenvalue weighted by atomic mass is 16.4. The van der Waals surface area contributed by atoms with E-state index in [4.69, 9.17) is 66.1 Å². The van der Waals surface area contributed by atoms with Gasteiger partial charge in [0.15, 0.2) is 0 Å². The largest absolute Gasteiger partial charge is 0.481 e. The van der Waals surface area contributed by atoms with Gasteiger partial charge in [-0.15, -0.1) is 0 Å². The Kier molecular flexibility index (Phi) is 50.3. The van der Waals surface area contributed by atoms with Gasteiger partial charge in [0.25, 0.3) is 29.8 Å². The molecule has 1 unspecified atom stereocenters. The van der Waals surface area contributed by atoms with Crippen molar-refractivity contribution in [3.63, 3.8) is 0 Å². The number of carboxylic acids is 5. The molecule has 0 aliphatic rings. The lowest BCUT2D eigenvalue weighted by molar-refractivity contribution is -0.135. The van der Waals surface area contributed by atoms with E-state index in [1.54, 1.807) is 0 Å². The van der Waals surface area contributed by atoms with Gasteiger partial charge in [0.2, 0.25) is 0 Å². The zero-order valence-corrected chi connectivity index (χ0v) is 16.1. The lowest BCUT2D eigenvalue weighted by atomic mass is 10.2. The number of aliphatic hydroxyl groups is 1. The summed E-state index contributed by atoms with van der Waals surface area (Å²) < 4.78 is 0. The van der Waals surface area contributed by atoms with Gasteiger partial charge >= 0.3 is 0 Å². The number of aliphatic hydroxyl groups excluding tert-OH is 1. The molecule has 0 radical (unpaired) electrons. The van der Waals surface area contributed by atoms with Crippen molar-refractivity contribution in [2.75, 3.05) is 13.2 Å². The maximum Gasteiger partial charge on any atom is 0.300 e. The van der Waals surface area contributed by atoms with Gasteiger partial charge in [-0.25, -0.2) is 0 Å². The lowest BCUT2D eigenvalue weighted by Crippen LogP contribution is -2.30. The molecule has 0 heterocycles. The van der Waals surface area contributed by atoms with Gasteiger partial charge in [-0.1, -0.05) is 0 Å². The molecule has 0 aromatic rings. The van der Waals surface area contributed by atoms with Gasteiger partial charge in [-0.05, 0) is 6.42 Å². The molecule has 0 rings (SSSR count). The van der Waals surface area contributed by atoms with Crippen LogP contribution in [0.4, 0.5) is 0 Å². The van der Waals surface area contributed by atoms with Crippen LogP contribution >= 0.6 is 0 Å². The lowest BCUT2D eigenvalue weighted by Gasteiger charge is -2.02. The minimum Gasteiger partial charge on any atom is -0.481 e. The monoisotopic (exact) mass is 404 g/mol. The molecular formula is C14H32N2O11. The van der Waals surface area contributed by atoms with Crippen molar-refractivity contribution < 1.29 is 54.6 Å². The quantitative estimate of drug-likeness (QED) is 0.284. The van der Waals surface area contributed by atoms with E-state index in [1.807, 2.05) is 0 Å². The molecule has 0 fully saturated rings. The van der Waals surface area contributed by atoms with Crippen molar-refractivity contribution in [2.24, 2.45) is 11.5 Å². The van der Waals surface area contributed by atoms with E-state index >= 15 is 0 Å². The summed E-state index contributed by atoms with van der Waals surface area (Å²) in [6.07, 6.45) is 0.608. The van der Waals surface area contributed by atoms with Gasteiger partial charge < -0.3 is 42.1 Å². The number of nitrogens with two attached hydrogens (primary N) is 2. The van der Waals surface area contributed by atoms with Crippen LogP contribution in [0.15, 0.2) is 0 Å². The summed E-state index contributed by atoms with van der Waals surface area (Å²) in [6, 6.07) is -0.0231. The Morgan fingerprint density at radius 2 is 0.815 bits per heavy atom. The van der Waals surface area contributed by atoms with E-state index in [2.05, 4.69) is 0 Å². The third kappa shape index (κ3) is 2110. The second-order valence-electron chi connectivity index (χ2n) is 4.10. The molecule has 0 aromatic heterocycles. The van der Waals surface area contributed by atoms with Gasteiger partial charge in [0.05, 0.1) is 0 Å². The van der Waals surface area contributed by atoms with Crippen LogP contribution in [0.5, 0.6) is 0 Å². The van der Waals surface area contributed by atoms with Gasteiger partial charge in [-0.2, -0.15) is 0 Å². The van der Waals surface area contributed by atoms with Crippen molar-refractivity contribution in [3.8, 4) is 0 Å². The molecule has 0 spiro atoms. The van der Waals surface area contributed by atoms with E-state index in [0.717, 1.165) is 34.6 Å². The molecule has 13 heteroatoms. The Bertz CT molecular complexity index is 298. The zero-order chi connectivity index (χ0) is 23.6. The van der Waals surface area contributed by atoms with Gasteiger partial charge in [0, 0.05) is 53.8 Å². The summed E-state index contributed by atoms with van der Waals surface area (Å²) in [5.41, 5.74) is 10.4. The van der Waals surface area contributed by atoms with Crippen LogP contribution in [0.3, 0.4) is 0 Å². The Morgan fingerprint density at radius 3 is 0.852 bits per heavy atom. The molecule has 10 N–H and O–H groups in total. The van der Waals surface area contributed by atoms with Crippen LogP contribution in [0.25, 0.3) is 0 Å². The first kappa shape index (κ1) is 39.3. The third-order valence-electron chi connectivity index (χ3n) is 0.803. The summed E-state index contributed by atoms with van der Waals surface area (Å²) in [4.78, 5) is 45.0. The van der Waals surface area contributed by atoms with Crippen LogP contribution in [-0.4, -0.2) is 79.7 Å². The molecule has 27 heavy (non-hydrogen) atoms. The highest BCUT2D eigenvalue weighted by Gasteiger charge is 1.93. The molecular weight excluding hydrogens is 372 g/mol. The first-order valence-corrected chi connectivity index (χ1v) is 7.01. The Labute approximate surface area is 157 Å². The van der Waals surface area contributed by atoms with E-state index in [9.17, 15) is 0 Å². The zero-order valence-electron chi connectivity index (χ0n) is 16.1. The maximum absolute atomic E-state index is 9.00. The number of carbonyl (C=O) groups is 5. The fraction of sp³-hybridized carbons (Fsp3) is 0.643. The average Bonchev–Trinajstić information content (AvgIpc) is 2.35. The van der Waals surface area contributed by atoms with Gasteiger partial charge in [0.1, 0.15) is 0 Å². The molecule has 0 aliphatic carbocycles. The van der Waals surface area contributed by atoms with Crippen molar-refractivity contribution >= 4 is 29.8 Å². The number of carboxylic acid groups (broad SMARTS) is 5. The minimum atomic E-state index is -0.833. The molecule has 0 bridgehead atoms. The van der Waals surface area contributed by atoms with E-state index < -0.39 is 29.8 Å². The predicted molar refractivity (Wildman–Crippen MR) is 95.3 cm³/mol. The number of aliphatic carboxylic acids is 5.